The van der Waals surface area contributed by atoms with E-state index in [0.29, 0.717) is 5.75 Å². The number of rotatable bonds is 8. The van der Waals surface area contributed by atoms with Gasteiger partial charge in [0.05, 0.1) is 17.2 Å². The van der Waals surface area contributed by atoms with Gasteiger partial charge in [-0.15, -0.1) is 12.4 Å². The van der Waals surface area contributed by atoms with Crippen molar-refractivity contribution in [2.45, 2.75) is 52.1 Å². The molecule has 21 heavy (non-hydrogen) atoms. The predicted molar refractivity (Wildman–Crippen MR) is 84.2 cm³/mol. The van der Waals surface area contributed by atoms with Crippen molar-refractivity contribution in [2.24, 2.45) is 0 Å². The van der Waals surface area contributed by atoms with Crippen molar-refractivity contribution in [2.75, 3.05) is 0 Å². The molecule has 0 radical (unpaired) electrons. The first-order valence-electron chi connectivity index (χ1n) is 7.02. The zero-order valence-corrected chi connectivity index (χ0v) is 13.3. The Morgan fingerprint density at radius 3 is 2.67 bits per heavy atom. The molecule has 0 amide bonds. The fraction of sp³-hybridized carbons (Fsp3) is 0.500. The lowest BCUT2D eigenvalue weighted by molar-refractivity contribution is 0.0697. The molecule has 1 atom stereocenters. The van der Waals surface area contributed by atoms with Gasteiger partial charge in [-0.25, -0.2) is 4.79 Å². The number of halogens is 1. The molecular formula is C16H22ClNO3. The fourth-order valence-corrected chi connectivity index (χ4v) is 1.99. The predicted octanol–water partition coefficient (Wildman–Crippen LogP) is 4.42. The Labute approximate surface area is 132 Å². The Hall–Kier alpha value is -1.73. The number of nitrogens with zero attached hydrogens (tertiary/aromatic N) is 1. The average Bonchev–Trinajstić information content (AvgIpc) is 2.43. The quantitative estimate of drug-likeness (QED) is 0.722. The van der Waals surface area contributed by atoms with Crippen molar-refractivity contribution in [3.05, 3.63) is 29.3 Å². The van der Waals surface area contributed by atoms with Gasteiger partial charge in [-0.05, 0) is 38.0 Å². The number of hydrogen-bond donors (Lipinski definition) is 1. The van der Waals surface area contributed by atoms with Crippen molar-refractivity contribution in [3.63, 3.8) is 0 Å². The van der Waals surface area contributed by atoms with E-state index in [2.05, 4.69) is 6.92 Å². The van der Waals surface area contributed by atoms with Crippen LogP contribution in [0.4, 0.5) is 0 Å². The summed E-state index contributed by atoms with van der Waals surface area (Å²) >= 11 is 0. The highest BCUT2D eigenvalue weighted by atomic mass is 35.5. The number of carbonyl (C=O) groups is 1. The number of ether oxygens (including phenoxy) is 1. The number of carboxylic acids is 1. The fourth-order valence-electron chi connectivity index (χ4n) is 1.99. The Morgan fingerprint density at radius 1 is 1.38 bits per heavy atom. The van der Waals surface area contributed by atoms with Gasteiger partial charge in [0.15, 0.2) is 0 Å². The van der Waals surface area contributed by atoms with Crippen molar-refractivity contribution in [1.29, 1.82) is 5.26 Å². The zero-order chi connectivity index (χ0) is 15.0. The largest absolute Gasteiger partial charge is 0.489 e. The SMILES string of the molecule is CCCCCCC(C)Oc1ccc(C(=O)O)cc1C#N.Cl. The second-order valence-electron chi connectivity index (χ2n) is 4.91. The van der Waals surface area contributed by atoms with Crippen LogP contribution in [0.5, 0.6) is 5.75 Å². The van der Waals surface area contributed by atoms with Gasteiger partial charge in [-0.2, -0.15) is 5.26 Å². The topological polar surface area (TPSA) is 70.3 Å². The van der Waals surface area contributed by atoms with Gasteiger partial charge in [-0.1, -0.05) is 26.2 Å². The molecule has 0 bridgehead atoms. The molecule has 5 heteroatoms. The highest BCUT2D eigenvalue weighted by Gasteiger charge is 2.11. The summed E-state index contributed by atoms with van der Waals surface area (Å²) in [6.07, 6.45) is 5.67. The summed E-state index contributed by atoms with van der Waals surface area (Å²) < 4.78 is 5.74. The molecule has 1 aromatic rings. The molecule has 0 aliphatic rings. The first-order chi connectivity index (χ1) is 9.58. The minimum Gasteiger partial charge on any atom is -0.489 e. The Morgan fingerprint density at radius 2 is 2.10 bits per heavy atom. The summed E-state index contributed by atoms with van der Waals surface area (Å²) in [7, 11) is 0. The van der Waals surface area contributed by atoms with E-state index in [1.807, 2.05) is 13.0 Å². The van der Waals surface area contributed by atoms with Crippen LogP contribution < -0.4 is 4.74 Å². The molecule has 4 nitrogen and oxygen atoms in total. The smallest absolute Gasteiger partial charge is 0.335 e. The first kappa shape index (κ1) is 19.3. The summed E-state index contributed by atoms with van der Waals surface area (Å²) in [6.45, 7) is 4.14. The van der Waals surface area contributed by atoms with Crippen molar-refractivity contribution >= 4 is 18.4 Å². The number of benzene rings is 1. The van der Waals surface area contributed by atoms with Gasteiger partial charge < -0.3 is 9.84 Å². The number of nitriles is 1. The average molecular weight is 312 g/mol. The van der Waals surface area contributed by atoms with Gasteiger partial charge in [0.2, 0.25) is 0 Å². The van der Waals surface area contributed by atoms with E-state index in [1.54, 1.807) is 6.07 Å². The monoisotopic (exact) mass is 311 g/mol. The van der Waals surface area contributed by atoms with E-state index in [0.717, 1.165) is 12.8 Å². The number of aromatic carboxylic acids is 1. The molecular weight excluding hydrogens is 290 g/mol. The maximum absolute atomic E-state index is 10.9. The van der Waals surface area contributed by atoms with Crippen LogP contribution in [0.2, 0.25) is 0 Å². The Kier molecular flexibility index (Phi) is 9.23. The minimum atomic E-state index is -1.04. The molecule has 1 unspecified atom stereocenters. The lowest BCUT2D eigenvalue weighted by Crippen LogP contribution is -2.12. The molecule has 1 aromatic carbocycles. The van der Waals surface area contributed by atoms with Crippen LogP contribution in [0.3, 0.4) is 0 Å². The van der Waals surface area contributed by atoms with Crippen LogP contribution in [0.1, 0.15) is 61.9 Å². The third kappa shape index (κ3) is 6.50. The van der Waals surface area contributed by atoms with Crippen LogP contribution in [0.15, 0.2) is 18.2 Å². The van der Waals surface area contributed by atoms with Crippen LogP contribution in [-0.4, -0.2) is 17.2 Å². The van der Waals surface area contributed by atoms with Crippen molar-refractivity contribution in [1.82, 2.24) is 0 Å². The molecule has 0 aromatic heterocycles. The minimum absolute atomic E-state index is 0. The van der Waals surface area contributed by atoms with Crippen molar-refractivity contribution in [3.8, 4) is 11.8 Å². The van der Waals surface area contributed by atoms with Gasteiger partial charge in [0.1, 0.15) is 11.8 Å². The Bertz CT molecular complexity index is 497. The third-order valence-corrected chi connectivity index (χ3v) is 3.14. The zero-order valence-electron chi connectivity index (χ0n) is 12.5. The van der Waals surface area contributed by atoms with Gasteiger partial charge in [-0.3, -0.25) is 0 Å². The van der Waals surface area contributed by atoms with Crippen molar-refractivity contribution < 1.29 is 14.6 Å². The highest BCUT2D eigenvalue weighted by Crippen LogP contribution is 2.22. The third-order valence-electron chi connectivity index (χ3n) is 3.14. The van der Waals surface area contributed by atoms with Gasteiger partial charge in [0, 0.05) is 0 Å². The van der Waals surface area contributed by atoms with Crippen LogP contribution in [-0.2, 0) is 0 Å². The maximum atomic E-state index is 10.9. The van der Waals surface area contributed by atoms with E-state index in [4.69, 9.17) is 15.1 Å². The maximum Gasteiger partial charge on any atom is 0.335 e. The lowest BCUT2D eigenvalue weighted by Gasteiger charge is -2.15. The van der Waals surface area contributed by atoms with E-state index < -0.39 is 5.97 Å². The van der Waals surface area contributed by atoms with Crippen LogP contribution >= 0.6 is 12.4 Å². The lowest BCUT2D eigenvalue weighted by atomic mass is 10.1. The first-order valence-corrected chi connectivity index (χ1v) is 7.02. The number of unbranched alkanes of at least 4 members (excludes halogenated alkanes) is 3. The summed E-state index contributed by atoms with van der Waals surface area (Å²) in [5.41, 5.74) is 0.370. The van der Waals surface area contributed by atoms with E-state index >= 15 is 0 Å². The Balaban J connectivity index is 0.00000400. The molecule has 0 saturated carbocycles. The van der Waals surface area contributed by atoms with E-state index in [1.165, 1.54) is 31.4 Å². The van der Waals surface area contributed by atoms with Gasteiger partial charge >= 0.3 is 5.97 Å². The molecule has 1 rings (SSSR count). The molecule has 1 N–H and O–H groups in total. The molecule has 0 spiro atoms. The molecule has 0 aliphatic carbocycles. The summed E-state index contributed by atoms with van der Waals surface area (Å²) in [4.78, 5) is 10.9. The number of hydrogen-bond acceptors (Lipinski definition) is 3. The summed E-state index contributed by atoms with van der Waals surface area (Å²) in [6, 6.07) is 6.35. The molecule has 0 heterocycles. The summed E-state index contributed by atoms with van der Waals surface area (Å²) in [5, 5.41) is 18.0. The van der Waals surface area contributed by atoms with E-state index in [9.17, 15) is 4.79 Å². The van der Waals surface area contributed by atoms with Crippen LogP contribution in [0.25, 0.3) is 0 Å². The second kappa shape index (κ2) is 10.1. The van der Waals surface area contributed by atoms with E-state index in [-0.39, 0.29) is 29.6 Å². The molecule has 116 valence electrons. The van der Waals surface area contributed by atoms with Gasteiger partial charge in [0.25, 0.3) is 0 Å². The normalized spacial score (nSPS) is 11.1. The molecule has 0 aliphatic heterocycles. The summed E-state index contributed by atoms with van der Waals surface area (Å²) in [5.74, 6) is -0.582. The van der Waals surface area contributed by atoms with Crippen LogP contribution in [0, 0.1) is 11.3 Å². The molecule has 0 fully saturated rings. The molecule has 0 saturated heterocycles. The number of carboxylic acid groups (broad SMARTS) is 1. The standard InChI is InChI=1S/C16H21NO3.ClH/c1-3-4-5-6-7-12(2)20-15-9-8-13(16(18)19)10-14(15)11-17;/h8-10,12H,3-7H2,1-2H3,(H,18,19);1H. The second-order valence-corrected chi connectivity index (χ2v) is 4.91. The highest BCUT2D eigenvalue weighted by molar-refractivity contribution is 5.88.